The smallest absolute Gasteiger partial charge is 0.306 e. The summed E-state index contributed by atoms with van der Waals surface area (Å²) >= 11 is 0. The van der Waals surface area contributed by atoms with Gasteiger partial charge in [-0.3, -0.25) is 19.2 Å². The number of carbonyl (C=O) groups is 4. The van der Waals surface area contributed by atoms with Gasteiger partial charge in [0.25, 0.3) is 0 Å². The largest absolute Gasteiger partial charge is 0.463 e. The molecule has 8 heteroatoms. The molecule has 4 aliphatic rings. The van der Waals surface area contributed by atoms with Crippen molar-refractivity contribution in [3.05, 3.63) is 0 Å². The molecular formula is C33H48O8. The molecule has 0 aromatic heterocycles. The summed E-state index contributed by atoms with van der Waals surface area (Å²) in [5, 5.41) is 0. The Kier molecular flexibility index (Phi) is 9.45. The van der Waals surface area contributed by atoms with E-state index in [2.05, 4.69) is 26.7 Å². The number of carbonyl (C=O) groups excluding carboxylic acids is 4. The van der Waals surface area contributed by atoms with Gasteiger partial charge in [0.2, 0.25) is 0 Å². The molecule has 11 atom stereocenters. The van der Waals surface area contributed by atoms with Crippen molar-refractivity contribution in [1.82, 2.24) is 0 Å². The maximum absolute atomic E-state index is 12.5. The molecule has 0 heterocycles. The van der Waals surface area contributed by atoms with E-state index in [4.69, 9.17) is 25.4 Å². The van der Waals surface area contributed by atoms with Crippen LogP contribution in [0.1, 0.15) is 99.3 Å². The summed E-state index contributed by atoms with van der Waals surface area (Å²) in [6.45, 7) is 11.2. The van der Waals surface area contributed by atoms with Gasteiger partial charge in [0, 0.05) is 38.5 Å². The highest BCUT2D eigenvalue weighted by molar-refractivity contribution is 5.69. The number of esters is 4. The van der Waals surface area contributed by atoms with Gasteiger partial charge in [-0.05, 0) is 86.4 Å². The van der Waals surface area contributed by atoms with Crippen molar-refractivity contribution in [2.45, 2.75) is 118 Å². The molecule has 0 aliphatic heterocycles. The minimum Gasteiger partial charge on any atom is -0.463 e. The Bertz CT molecular complexity index is 1060. The van der Waals surface area contributed by atoms with Crippen LogP contribution in [0.5, 0.6) is 0 Å². The van der Waals surface area contributed by atoms with Crippen molar-refractivity contribution >= 4 is 23.9 Å². The van der Waals surface area contributed by atoms with Crippen LogP contribution in [-0.2, 0) is 38.1 Å². The number of terminal acetylenes is 1. The molecule has 0 N–H and O–H groups in total. The van der Waals surface area contributed by atoms with E-state index in [1.54, 1.807) is 0 Å². The summed E-state index contributed by atoms with van der Waals surface area (Å²) in [5.41, 5.74) is -0.353. The van der Waals surface area contributed by atoms with Crippen LogP contribution < -0.4 is 0 Å². The zero-order valence-electron chi connectivity index (χ0n) is 25.6. The maximum atomic E-state index is 12.5. The van der Waals surface area contributed by atoms with Gasteiger partial charge in [-0.1, -0.05) is 26.7 Å². The van der Waals surface area contributed by atoms with E-state index in [0.717, 1.165) is 38.5 Å². The number of fused-ring (bicyclic) bond motifs is 5. The van der Waals surface area contributed by atoms with Crippen molar-refractivity contribution in [3.8, 4) is 12.3 Å². The van der Waals surface area contributed by atoms with E-state index in [1.165, 1.54) is 20.8 Å². The fourth-order valence-electron chi connectivity index (χ4n) is 9.86. The third kappa shape index (κ3) is 6.15. The van der Waals surface area contributed by atoms with Gasteiger partial charge >= 0.3 is 23.9 Å². The lowest BCUT2D eigenvalue weighted by atomic mass is 9.43. The standard InChI is InChI=1S/C33H48O8/c1-8-15-38-30(37)12-9-19(2)25-10-11-26-31-27(18-29(33(25,26)7)41-22(5)36)32(6)14-13-24(39-20(3)34)16-23(32)17-28(31)40-21(4)35/h1,19,23-29,31H,9-18H2,2-7H3/t19-,23+,24-,25-,26+,27+,28-,29+,31+,32+,33-/m1/s1. The molecular weight excluding hydrogens is 524 g/mol. The topological polar surface area (TPSA) is 105 Å². The molecule has 4 saturated carbocycles. The fraction of sp³-hybridized carbons (Fsp3) is 0.818. The first kappa shape index (κ1) is 31.4. The van der Waals surface area contributed by atoms with Gasteiger partial charge in [0.05, 0.1) is 0 Å². The van der Waals surface area contributed by atoms with Gasteiger partial charge in [-0.25, -0.2) is 0 Å². The molecule has 228 valence electrons. The first-order valence-corrected chi connectivity index (χ1v) is 15.4. The van der Waals surface area contributed by atoms with E-state index >= 15 is 0 Å². The first-order valence-electron chi connectivity index (χ1n) is 15.4. The van der Waals surface area contributed by atoms with Crippen LogP contribution in [0.25, 0.3) is 0 Å². The zero-order valence-corrected chi connectivity index (χ0v) is 25.6. The maximum Gasteiger partial charge on any atom is 0.306 e. The molecule has 4 rings (SSSR count). The molecule has 8 nitrogen and oxygen atoms in total. The average molecular weight is 573 g/mol. The lowest BCUT2D eigenvalue weighted by Crippen LogP contribution is -2.63. The summed E-state index contributed by atoms with van der Waals surface area (Å²) in [6, 6.07) is 0. The van der Waals surface area contributed by atoms with Crippen LogP contribution in [0.4, 0.5) is 0 Å². The summed E-state index contributed by atoms with van der Waals surface area (Å²) in [6.07, 6.45) is 11.4. The van der Waals surface area contributed by atoms with Crippen LogP contribution in [0.3, 0.4) is 0 Å². The SMILES string of the molecule is C#CCOC(=O)CC[C@@H](C)[C@H]1CC[C@H]2[C@@H]3[C@H](OC(C)=O)C[C@@H]4C[C@H](OC(C)=O)CC[C@]4(C)[C@H]3C[C@H](OC(C)=O)[C@]12C. The Morgan fingerprint density at radius 1 is 0.902 bits per heavy atom. The van der Waals surface area contributed by atoms with E-state index in [1.807, 2.05) is 0 Å². The van der Waals surface area contributed by atoms with E-state index in [9.17, 15) is 19.2 Å². The molecule has 0 amide bonds. The van der Waals surface area contributed by atoms with Gasteiger partial charge in [-0.2, -0.15) is 0 Å². The Morgan fingerprint density at radius 3 is 2.22 bits per heavy atom. The van der Waals surface area contributed by atoms with Crippen molar-refractivity contribution in [2.24, 2.45) is 46.3 Å². The molecule has 0 aromatic carbocycles. The second kappa shape index (κ2) is 12.4. The normalized spacial score (nSPS) is 40.0. The highest BCUT2D eigenvalue weighted by Gasteiger charge is 2.67. The van der Waals surface area contributed by atoms with Crippen LogP contribution in [-0.4, -0.2) is 48.8 Å². The highest BCUT2D eigenvalue weighted by atomic mass is 16.6. The second-order valence-electron chi connectivity index (χ2n) is 13.6. The van der Waals surface area contributed by atoms with Crippen LogP contribution in [0.2, 0.25) is 0 Å². The van der Waals surface area contributed by atoms with Crippen LogP contribution in [0.15, 0.2) is 0 Å². The molecule has 0 unspecified atom stereocenters. The summed E-state index contributed by atoms with van der Waals surface area (Å²) in [7, 11) is 0. The third-order valence-corrected chi connectivity index (χ3v) is 11.5. The summed E-state index contributed by atoms with van der Waals surface area (Å²) < 4.78 is 23.1. The van der Waals surface area contributed by atoms with Crippen molar-refractivity contribution < 1.29 is 38.1 Å². The summed E-state index contributed by atoms with van der Waals surface area (Å²) in [5.74, 6) is 2.47. The number of hydrogen-bond donors (Lipinski definition) is 0. The molecule has 4 fully saturated rings. The molecule has 41 heavy (non-hydrogen) atoms. The predicted octanol–water partition coefficient (Wildman–Crippen LogP) is 5.25. The number of ether oxygens (including phenoxy) is 4. The number of hydrogen-bond acceptors (Lipinski definition) is 8. The van der Waals surface area contributed by atoms with E-state index < -0.39 is 0 Å². The molecule has 0 aromatic rings. The van der Waals surface area contributed by atoms with Crippen molar-refractivity contribution in [1.29, 1.82) is 0 Å². The second-order valence-corrected chi connectivity index (χ2v) is 13.6. The lowest BCUT2D eigenvalue weighted by Gasteiger charge is -2.64. The fourth-order valence-corrected chi connectivity index (χ4v) is 9.86. The Labute approximate surface area is 244 Å². The molecule has 0 spiro atoms. The van der Waals surface area contributed by atoms with Gasteiger partial charge in [0.1, 0.15) is 18.3 Å². The molecule has 4 aliphatic carbocycles. The minimum atomic E-state index is -0.314. The first-order chi connectivity index (χ1) is 19.3. The van der Waals surface area contributed by atoms with Gasteiger partial charge in [-0.15, -0.1) is 6.42 Å². The zero-order chi connectivity index (χ0) is 30.1. The Hall–Kier alpha value is -2.56. The van der Waals surface area contributed by atoms with Crippen molar-refractivity contribution in [3.63, 3.8) is 0 Å². The third-order valence-electron chi connectivity index (χ3n) is 11.5. The molecule has 0 radical (unpaired) electrons. The predicted molar refractivity (Wildman–Crippen MR) is 151 cm³/mol. The summed E-state index contributed by atoms with van der Waals surface area (Å²) in [4.78, 5) is 48.8. The molecule has 0 saturated heterocycles. The van der Waals surface area contributed by atoms with Gasteiger partial charge < -0.3 is 18.9 Å². The van der Waals surface area contributed by atoms with E-state index in [-0.39, 0.29) is 95.1 Å². The lowest BCUT2D eigenvalue weighted by molar-refractivity contribution is -0.224. The number of rotatable bonds is 8. The van der Waals surface area contributed by atoms with Gasteiger partial charge in [0.15, 0.2) is 6.61 Å². The Morgan fingerprint density at radius 2 is 1.59 bits per heavy atom. The monoisotopic (exact) mass is 572 g/mol. The quantitative estimate of drug-likeness (QED) is 0.221. The Balaban J connectivity index is 1.65. The minimum absolute atomic E-state index is 0.0209. The molecule has 0 bridgehead atoms. The van der Waals surface area contributed by atoms with Crippen molar-refractivity contribution in [2.75, 3.05) is 6.61 Å². The van der Waals surface area contributed by atoms with Crippen LogP contribution >= 0.6 is 0 Å². The van der Waals surface area contributed by atoms with Crippen LogP contribution in [0, 0.1) is 58.7 Å². The average Bonchev–Trinajstić information content (AvgIpc) is 3.24. The highest BCUT2D eigenvalue weighted by Crippen LogP contribution is 2.69. The van der Waals surface area contributed by atoms with E-state index in [0.29, 0.717) is 19.3 Å².